The van der Waals surface area contributed by atoms with Crippen molar-refractivity contribution in [1.29, 1.82) is 0 Å². The fourth-order valence-corrected chi connectivity index (χ4v) is 3.96. The lowest BCUT2D eigenvalue weighted by atomic mass is 9.96. The average molecular weight is 377 g/mol. The average Bonchev–Trinajstić information content (AvgIpc) is 3.32. The van der Waals surface area contributed by atoms with Gasteiger partial charge < -0.3 is 15.2 Å². The van der Waals surface area contributed by atoms with Gasteiger partial charge in [-0.2, -0.15) is 4.98 Å². The summed E-state index contributed by atoms with van der Waals surface area (Å²) in [6, 6.07) is 9.41. The first kappa shape index (κ1) is 18.9. The van der Waals surface area contributed by atoms with E-state index in [4.69, 9.17) is 10.3 Å². The monoisotopic (exact) mass is 376 g/mol. The van der Waals surface area contributed by atoms with E-state index in [1.807, 2.05) is 35.2 Å². The van der Waals surface area contributed by atoms with Crippen LogP contribution in [0.3, 0.4) is 0 Å². The largest absolute Gasteiger partial charge is 0.339 e. The Balaban J connectivity index is 0.00000196. The van der Waals surface area contributed by atoms with E-state index in [1.165, 1.54) is 0 Å². The van der Waals surface area contributed by atoms with Gasteiger partial charge in [-0.15, -0.1) is 12.4 Å². The third-order valence-electron chi connectivity index (χ3n) is 5.46. The molecule has 2 N–H and O–H groups in total. The normalized spacial score (nSPS) is 22.0. The predicted octanol–water partition coefficient (Wildman–Crippen LogP) is 3.24. The molecule has 1 unspecified atom stereocenters. The molecule has 7 heteroatoms. The number of hydrogen-bond donors (Lipinski definition) is 1. The summed E-state index contributed by atoms with van der Waals surface area (Å²) in [4.78, 5) is 19.2. The van der Waals surface area contributed by atoms with Crippen molar-refractivity contribution < 1.29 is 9.32 Å². The molecule has 2 aliphatic rings. The molecule has 0 radical (unpaired) electrons. The lowest BCUT2D eigenvalue weighted by Crippen LogP contribution is -2.39. The molecule has 26 heavy (non-hydrogen) atoms. The molecule has 1 aromatic carbocycles. The minimum absolute atomic E-state index is 0. The second-order valence-electron chi connectivity index (χ2n) is 7.28. The first-order chi connectivity index (χ1) is 12.2. The Morgan fingerprint density at radius 1 is 1.19 bits per heavy atom. The van der Waals surface area contributed by atoms with E-state index in [1.54, 1.807) is 0 Å². The van der Waals surface area contributed by atoms with Crippen LogP contribution in [0.1, 0.15) is 66.5 Å². The minimum Gasteiger partial charge on any atom is -0.339 e. The van der Waals surface area contributed by atoms with Gasteiger partial charge in [0.1, 0.15) is 0 Å². The van der Waals surface area contributed by atoms with Gasteiger partial charge in [-0.25, -0.2) is 0 Å². The Morgan fingerprint density at radius 2 is 1.92 bits per heavy atom. The summed E-state index contributed by atoms with van der Waals surface area (Å²) >= 11 is 0. The summed E-state index contributed by atoms with van der Waals surface area (Å²) in [7, 11) is 0. The van der Waals surface area contributed by atoms with Gasteiger partial charge in [0.15, 0.2) is 5.82 Å². The van der Waals surface area contributed by atoms with E-state index in [2.05, 4.69) is 10.1 Å². The van der Waals surface area contributed by atoms with Crippen LogP contribution in [0.25, 0.3) is 0 Å². The first-order valence-electron chi connectivity index (χ1n) is 9.13. The van der Waals surface area contributed by atoms with Crippen molar-refractivity contribution in [3.05, 3.63) is 47.6 Å². The van der Waals surface area contributed by atoms with E-state index < -0.39 is 5.54 Å². The minimum atomic E-state index is -0.435. The van der Waals surface area contributed by atoms with Crippen molar-refractivity contribution in [2.75, 3.05) is 13.1 Å². The number of benzene rings is 1. The Kier molecular flexibility index (Phi) is 5.63. The van der Waals surface area contributed by atoms with Crippen molar-refractivity contribution >= 4 is 18.3 Å². The highest BCUT2D eigenvalue weighted by atomic mass is 35.5. The molecule has 1 amide bonds. The fraction of sp³-hybridized carbons (Fsp3) is 0.526. The summed E-state index contributed by atoms with van der Waals surface area (Å²) in [6.07, 6.45) is 5.95. The Labute approximate surface area is 159 Å². The fourth-order valence-electron chi connectivity index (χ4n) is 3.96. The van der Waals surface area contributed by atoms with Crippen LogP contribution in [0.15, 0.2) is 34.9 Å². The van der Waals surface area contributed by atoms with Crippen molar-refractivity contribution in [2.24, 2.45) is 5.73 Å². The van der Waals surface area contributed by atoms with Gasteiger partial charge in [0.2, 0.25) is 5.89 Å². The van der Waals surface area contributed by atoms with Crippen LogP contribution in [-0.4, -0.2) is 34.0 Å². The number of carbonyl (C=O) groups excluding carboxylic acids is 1. The van der Waals surface area contributed by atoms with E-state index in [0.29, 0.717) is 18.3 Å². The SMILES string of the molecule is Cl.NC1(c2noc(C3CCCN(C(=O)c4ccccc4)C3)n2)CCCC1. The molecule has 4 rings (SSSR count). The van der Waals surface area contributed by atoms with Crippen molar-refractivity contribution in [3.8, 4) is 0 Å². The molecule has 1 saturated carbocycles. The van der Waals surface area contributed by atoms with E-state index in [-0.39, 0.29) is 24.2 Å². The number of nitrogens with two attached hydrogens (primary N) is 1. The lowest BCUT2D eigenvalue weighted by Gasteiger charge is -2.31. The standard InChI is InChI=1S/C19H24N4O2.ClH/c20-19(10-4-5-11-19)18-21-16(25-22-18)15-9-6-12-23(13-15)17(24)14-7-2-1-3-8-14;/h1-3,7-8,15H,4-6,9-13,20H2;1H. The molecule has 2 aromatic rings. The summed E-state index contributed by atoms with van der Waals surface area (Å²) in [5, 5.41) is 4.16. The summed E-state index contributed by atoms with van der Waals surface area (Å²) < 4.78 is 5.54. The highest BCUT2D eigenvalue weighted by molar-refractivity contribution is 5.94. The molecule has 2 fully saturated rings. The van der Waals surface area contributed by atoms with Gasteiger partial charge in [0, 0.05) is 18.7 Å². The second-order valence-corrected chi connectivity index (χ2v) is 7.28. The molecular weight excluding hydrogens is 352 g/mol. The molecule has 1 aromatic heterocycles. The van der Waals surface area contributed by atoms with Crippen molar-refractivity contribution in [1.82, 2.24) is 15.0 Å². The smallest absolute Gasteiger partial charge is 0.253 e. The summed E-state index contributed by atoms with van der Waals surface area (Å²) in [5.74, 6) is 1.41. The molecule has 1 aliphatic heterocycles. The Morgan fingerprint density at radius 3 is 2.65 bits per heavy atom. The maximum absolute atomic E-state index is 12.7. The maximum atomic E-state index is 12.7. The molecule has 2 heterocycles. The molecule has 1 atom stereocenters. The molecule has 1 saturated heterocycles. The van der Waals surface area contributed by atoms with Gasteiger partial charge in [-0.1, -0.05) is 36.2 Å². The number of rotatable bonds is 3. The third kappa shape index (κ3) is 3.62. The number of carbonyl (C=O) groups is 1. The summed E-state index contributed by atoms with van der Waals surface area (Å²) in [6.45, 7) is 1.39. The topological polar surface area (TPSA) is 85.2 Å². The number of piperidine rings is 1. The van der Waals surface area contributed by atoms with Crippen LogP contribution < -0.4 is 5.73 Å². The van der Waals surface area contributed by atoms with Crippen molar-refractivity contribution in [3.63, 3.8) is 0 Å². The quantitative estimate of drug-likeness (QED) is 0.888. The van der Waals surface area contributed by atoms with Gasteiger partial charge in [-0.3, -0.25) is 4.79 Å². The zero-order chi connectivity index (χ0) is 17.3. The number of halogens is 1. The third-order valence-corrected chi connectivity index (χ3v) is 5.46. The predicted molar refractivity (Wildman–Crippen MR) is 100 cm³/mol. The van der Waals surface area contributed by atoms with E-state index >= 15 is 0 Å². The molecule has 140 valence electrons. The Bertz CT molecular complexity index is 743. The van der Waals surface area contributed by atoms with Crippen LogP contribution in [0.4, 0.5) is 0 Å². The zero-order valence-electron chi connectivity index (χ0n) is 14.8. The molecule has 6 nitrogen and oxygen atoms in total. The number of likely N-dealkylation sites (tertiary alicyclic amines) is 1. The van der Waals surface area contributed by atoms with Crippen LogP contribution in [0.5, 0.6) is 0 Å². The maximum Gasteiger partial charge on any atom is 0.253 e. The van der Waals surface area contributed by atoms with Crippen LogP contribution in [-0.2, 0) is 5.54 Å². The van der Waals surface area contributed by atoms with Crippen LogP contribution >= 0.6 is 12.4 Å². The second kappa shape index (κ2) is 7.76. The zero-order valence-corrected chi connectivity index (χ0v) is 15.6. The number of amides is 1. The van der Waals surface area contributed by atoms with Gasteiger partial charge in [0.05, 0.1) is 11.5 Å². The molecule has 0 spiro atoms. The van der Waals surface area contributed by atoms with Crippen molar-refractivity contribution in [2.45, 2.75) is 50.0 Å². The van der Waals surface area contributed by atoms with Crippen LogP contribution in [0, 0.1) is 0 Å². The lowest BCUT2D eigenvalue weighted by molar-refractivity contribution is 0.0695. The Hall–Kier alpha value is -1.92. The highest BCUT2D eigenvalue weighted by Crippen LogP contribution is 2.36. The summed E-state index contributed by atoms with van der Waals surface area (Å²) in [5.41, 5.74) is 6.71. The van der Waals surface area contributed by atoms with Crippen LogP contribution in [0.2, 0.25) is 0 Å². The first-order valence-corrected chi connectivity index (χ1v) is 9.13. The number of nitrogens with zero attached hydrogens (tertiary/aromatic N) is 3. The highest BCUT2D eigenvalue weighted by Gasteiger charge is 2.37. The molecule has 0 bridgehead atoms. The molecule has 1 aliphatic carbocycles. The number of aromatic nitrogens is 2. The molecular formula is C19H25ClN4O2. The van der Waals surface area contributed by atoms with E-state index in [9.17, 15) is 4.79 Å². The number of hydrogen-bond acceptors (Lipinski definition) is 5. The van der Waals surface area contributed by atoms with E-state index in [0.717, 1.165) is 50.6 Å². The van der Waals surface area contributed by atoms with Gasteiger partial charge >= 0.3 is 0 Å². The van der Waals surface area contributed by atoms with Gasteiger partial charge in [-0.05, 0) is 37.8 Å². The van der Waals surface area contributed by atoms with Gasteiger partial charge in [0.25, 0.3) is 5.91 Å².